The molecule has 0 unspecified atom stereocenters. The monoisotopic (exact) mass is 243 g/mol. The molecule has 1 heterocycles. The van der Waals surface area contributed by atoms with E-state index < -0.39 is 22.9 Å². The number of aliphatic hydroxyl groups is 1. The predicted octanol–water partition coefficient (Wildman–Crippen LogP) is 0.872. The molecule has 1 N–H and O–H groups in total. The van der Waals surface area contributed by atoms with Gasteiger partial charge in [-0.25, -0.2) is 4.39 Å². The van der Waals surface area contributed by atoms with Gasteiger partial charge in [0.1, 0.15) is 11.9 Å². The minimum Gasteiger partial charge on any atom is -0.478 e. The van der Waals surface area contributed by atoms with Crippen molar-refractivity contribution in [3.63, 3.8) is 0 Å². The van der Waals surface area contributed by atoms with Crippen molar-refractivity contribution in [2.24, 2.45) is 0 Å². The molecule has 7 heteroatoms. The maximum atomic E-state index is 13.0. The Hall–Kier alpha value is -1.73. The fourth-order valence-corrected chi connectivity index (χ4v) is 1.53. The number of nitro groups is 1. The molecule has 2 rings (SSSR count). The van der Waals surface area contributed by atoms with Gasteiger partial charge < -0.3 is 14.6 Å². The van der Waals surface area contributed by atoms with Crippen molar-refractivity contribution in [2.75, 3.05) is 13.2 Å². The molecule has 0 aliphatic carbocycles. The van der Waals surface area contributed by atoms with Crippen LogP contribution in [0.25, 0.3) is 0 Å². The predicted molar refractivity (Wildman–Crippen MR) is 54.3 cm³/mol. The van der Waals surface area contributed by atoms with Gasteiger partial charge in [-0.1, -0.05) is 0 Å². The Kier molecular flexibility index (Phi) is 3.21. The second-order valence-corrected chi connectivity index (χ2v) is 3.63. The van der Waals surface area contributed by atoms with Crippen molar-refractivity contribution in [2.45, 2.75) is 12.2 Å². The highest BCUT2D eigenvalue weighted by Crippen LogP contribution is 2.29. The first kappa shape index (κ1) is 11.7. The van der Waals surface area contributed by atoms with E-state index in [1.54, 1.807) is 0 Å². The van der Waals surface area contributed by atoms with E-state index in [1.807, 2.05) is 0 Å². The Balaban J connectivity index is 2.24. The fourth-order valence-electron chi connectivity index (χ4n) is 1.53. The molecule has 0 amide bonds. The minimum atomic E-state index is -0.863. The highest BCUT2D eigenvalue weighted by Gasteiger charge is 2.30. The van der Waals surface area contributed by atoms with E-state index in [0.29, 0.717) is 0 Å². The quantitative estimate of drug-likeness (QED) is 0.629. The lowest BCUT2D eigenvalue weighted by Gasteiger charge is -2.15. The van der Waals surface area contributed by atoms with Crippen LogP contribution in [0.4, 0.5) is 10.1 Å². The van der Waals surface area contributed by atoms with Gasteiger partial charge in [-0.2, -0.15) is 0 Å². The summed E-state index contributed by atoms with van der Waals surface area (Å²) in [5.74, 6) is -0.844. The van der Waals surface area contributed by atoms with Crippen LogP contribution in [0.1, 0.15) is 0 Å². The summed E-state index contributed by atoms with van der Waals surface area (Å²) in [6.45, 7) is 0.225. The molecule has 0 aromatic heterocycles. The third kappa shape index (κ3) is 2.51. The minimum absolute atomic E-state index is 0.105. The Morgan fingerprint density at radius 2 is 2.29 bits per heavy atom. The lowest BCUT2D eigenvalue weighted by atomic mass is 10.2. The molecule has 92 valence electrons. The molecule has 1 fully saturated rings. The average molecular weight is 243 g/mol. The largest absolute Gasteiger partial charge is 0.478 e. The molecule has 1 aromatic carbocycles. The van der Waals surface area contributed by atoms with E-state index in [0.717, 1.165) is 18.2 Å². The van der Waals surface area contributed by atoms with E-state index >= 15 is 0 Å². The van der Waals surface area contributed by atoms with Gasteiger partial charge in [-0.15, -0.1) is 0 Å². The van der Waals surface area contributed by atoms with Crippen LogP contribution in [0.2, 0.25) is 0 Å². The van der Waals surface area contributed by atoms with Gasteiger partial charge in [0.25, 0.3) is 0 Å². The molecule has 0 saturated carbocycles. The lowest BCUT2D eigenvalue weighted by Crippen LogP contribution is -2.30. The van der Waals surface area contributed by atoms with Gasteiger partial charge in [0.15, 0.2) is 11.9 Å². The molecule has 1 aliphatic heterocycles. The maximum absolute atomic E-state index is 13.0. The van der Waals surface area contributed by atoms with E-state index in [9.17, 15) is 19.6 Å². The van der Waals surface area contributed by atoms with Crippen LogP contribution in [-0.2, 0) is 4.74 Å². The molecule has 2 atom stereocenters. The number of nitrogens with zero attached hydrogens (tertiary/aromatic N) is 1. The zero-order valence-electron chi connectivity index (χ0n) is 8.71. The van der Waals surface area contributed by atoms with Crippen LogP contribution in [0.3, 0.4) is 0 Å². The maximum Gasteiger partial charge on any atom is 0.311 e. The summed E-state index contributed by atoms with van der Waals surface area (Å²) in [5.41, 5.74) is -0.342. The summed E-state index contributed by atoms with van der Waals surface area (Å²) in [7, 11) is 0. The molecule has 1 aromatic rings. The molecular formula is C10H10FNO5. The van der Waals surface area contributed by atoms with Gasteiger partial charge in [-0.05, 0) is 6.07 Å². The van der Waals surface area contributed by atoms with Crippen LogP contribution in [0, 0.1) is 15.9 Å². The summed E-state index contributed by atoms with van der Waals surface area (Å²) in [4.78, 5) is 10.0. The van der Waals surface area contributed by atoms with Gasteiger partial charge in [0, 0.05) is 12.1 Å². The molecule has 6 nitrogen and oxygen atoms in total. The van der Waals surface area contributed by atoms with E-state index in [1.165, 1.54) is 0 Å². The standard InChI is InChI=1S/C10H10FNO5/c11-6-1-2-7(12(14)15)9(3-6)17-10-5-16-4-8(10)13/h1-3,8,10,13H,4-5H2/t8-,10+/m1/s1. The zero-order valence-corrected chi connectivity index (χ0v) is 8.71. The number of ether oxygens (including phenoxy) is 2. The molecule has 0 spiro atoms. The van der Waals surface area contributed by atoms with Crippen molar-refractivity contribution >= 4 is 5.69 Å². The Morgan fingerprint density at radius 3 is 2.88 bits per heavy atom. The molecule has 0 bridgehead atoms. The molecule has 0 radical (unpaired) electrons. The number of halogens is 1. The lowest BCUT2D eigenvalue weighted by molar-refractivity contribution is -0.386. The normalized spacial score (nSPS) is 23.6. The molecule has 17 heavy (non-hydrogen) atoms. The average Bonchev–Trinajstić information content (AvgIpc) is 2.64. The van der Waals surface area contributed by atoms with Crippen molar-refractivity contribution in [1.82, 2.24) is 0 Å². The van der Waals surface area contributed by atoms with Crippen molar-refractivity contribution in [1.29, 1.82) is 0 Å². The number of benzene rings is 1. The number of rotatable bonds is 3. The number of aliphatic hydroxyl groups excluding tert-OH is 1. The van der Waals surface area contributed by atoms with Crippen LogP contribution >= 0.6 is 0 Å². The third-order valence-corrected chi connectivity index (χ3v) is 2.40. The van der Waals surface area contributed by atoms with E-state index in [-0.39, 0.29) is 24.7 Å². The highest BCUT2D eigenvalue weighted by atomic mass is 19.1. The molecule has 1 aliphatic rings. The number of hydrogen-bond acceptors (Lipinski definition) is 5. The van der Waals surface area contributed by atoms with Gasteiger partial charge >= 0.3 is 5.69 Å². The highest BCUT2D eigenvalue weighted by molar-refractivity contribution is 5.46. The summed E-state index contributed by atoms with van der Waals surface area (Å²) in [6, 6.07) is 2.92. The Labute approximate surface area is 95.7 Å². The van der Waals surface area contributed by atoms with Crippen molar-refractivity contribution in [3.05, 3.63) is 34.1 Å². The Morgan fingerprint density at radius 1 is 1.53 bits per heavy atom. The number of nitro benzene ring substituents is 1. The van der Waals surface area contributed by atoms with Gasteiger partial charge in [0.2, 0.25) is 0 Å². The second kappa shape index (κ2) is 4.64. The number of hydrogen-bond donors (Lipinski definition) is 1. The third-order valence-electron chi connectivity index (χ3n) is 2.40. The first-order chi connectivity index (χ1) is 8.08. The van der Waals surface area contributed by atoms with Crippen molar-refractivity contribution < 1.29 is 23.9 Å². The first-order valence-corrected chi connectivity index (χ1v) is 4.94. The second-order valence-electron chi connectivity index (χ2n) is 3.63. The van der Waals surface area contributed by atoms with Gasteiger partial charge in [-0.3, -0.25) is 10.1 Å². The first-order valence-electron chi connectivity index (χ1n) is 4.94. The van der Waals surface area contributed by atoms with Gasteiger partial charge in [0.05, 0.1) is 18.1 Å². The van der Waals surface area contributed by atoms with Crippen LogP contribution in [0.5, 0.6) is 5.75 Å². The zero-order chi connectivity index (χ0) is 12.4. The summed E-state index contributed by atoms with van der Waals surface area (Å²) < 4.78 is 23.1. The van der Waals surface area contributed by atoms with E-state index in [2.05, 4.69) is 0 Å². The van der Waals surface area contributed by atoms with Crippen LogP contribution in [-0.4, -0.2) is 35.5 Å². The fraction of sp³-hybridized carbons (Fsp3) is 0.400. The SMILES string of the molecule is O=[N+]([O-])c1ccc(F)cc1O[C@H]1COC[C@H]1O. The summed E-state index contributed by atoms with van der Waals surface area (Å²) >= 11 is 0. The molecule has 1 saturated heterocycles. The summed E-state index contributed by atoms with van der Waals surface area (Å²) in [5, 5.41) is 20.1. The molecular weight excluding hydrogens is 233 g/mol. The topological polar surface area (TPSA) is 81.8 Å². The van der Waals surface area contributed by atoms with Crippen LogP contribution < -0.4 is 4.74 Å². The van der Waals surface area contributed by atoms with Crippen molar-refractivity contribution in [3.8, 4) is 5.75 Å². The van der Waals surface area contributed by atoms with Crippen LogP contribution in [0.15, 0.2) is 18.2 Å². The Bertz CT molecular complexity index is 439. The summed E-state index contributed by atoms with van der Waals surface area (Å²) in [6.07, 6.45) is -1.58. The smallest absolute Gasteiger partial charge is 0.311 e. The van der Waals surface area contributed by atoms with E-state index in [4.69, 9.17) is 9.47 Å².